The van der Waals surface area contributed by atoms with Crippen molar-refractivity contribution < 1.29 is 18.3 Å². The number of rotatable bonds is 7. The Kier molecular flexibility index (Phi) is 5.74. The molecule has 0 aliphatic carbocycles. The summed E-state index contributed by atoms with van der Waals surface area (Å²) in [4.78, 5) is 0.680. The summed E-state index contributed by atoms with van der Waals surface area (Å²) < 4.78 is 31.9. The molecule has 1 atom stereocenters. The Balaban J connectivity index is 2.79. The number of aryl methyl sites for hydroxylation is 1. The lowest BCUT2D eigenvalue weighted by Gasteiger charge is -2.12. The molecule has 0 aromatic carbocycles. The third kappa shape index (κ3) is 4.03. The van der Waals surface area contributed by atoms with E-state index in [1.807, 2.05) is 0 Å². The molecule has 1 unspecified atom stereocenters. The van der Waals surface area contributed by atoms with Gasteiger partial charge in [0.05, 0.1) is 6.61 Å². The quantitative estimate of drug-likeness (QED) is 0.793. The summed E-state index contributed by atoms with van der Waals surface area (Å²) in [6, 6.07) is 1.40. The molecule has 0 saturated carbocycles. The minimum Gasteiger partial charge on any atom is -0.391 e. The van der Waals surface area contributed by atoms with Crippen LogP contribution in [-0.4, -0.2) is 33.3 Å². The predicted octanol–water partition coefficient (Wildman–Crippen LogP) is 1.25. The van der Waals surface area contributed by atoms with Gasteiger partial charge < -0.3 is 9.84 Å². The standard InChI is InChI=1S/C11H19NO4S2/c1-8-6-11(17-10(8)7-13)18(14,15)12-9(2)4-5-16-3/h6,9,12-13H,4-5,7H2,1-3H3. The van der Waals surface area contributed by atoms with Crippen LogP contribution in [-0.2, 0) is 21.4 Å². The highest BCUT2D eigenvalue weighted by molar-refractivity contribution is 7.91. The van der Waals surface area contributed by atoms with Gasteiger partial charge in [-0.05, 0) is 31.9 Å². The summed E-state index contributed by atoms with van der Waals surface area (Å²) in [5.74, 6) is 0. The van der Waals surface area contributed by atoms with Gasteiger partial charge in [-0.1, -0.05) is 0 Å². The molecule has 0 fully saturated rings. The number of thiophene rings is 1. The maximum atomic E-state index is 12.1. The minimum absolute atomic E-state index is 0.134. The van der Waals surface area contributed by atoms with Crippen molar-refractivity contribution in [1.82, 2.24) is 4.72 Å². The number of hydrogen-bond acceptors (Lipinski definition) is 5. The second kappa shape index (κ2) is 6.63. The number of nitrogens with one attached hydrogen (secondary N) is 1. The van der Waals surface area contributed by atoms with E-state index < -0.39 is 10.0 Å². The second-order valence-corrected chi connectivity index (χ2v) is 7.21. The molecule has 0 aliphatic heterocycles. The van der Waals surface area contributed by atoms with E-state index >= 15 is 0 Å². The molecule has 0 bridgehead atoms. The van der Waals surface area contributed by atoms with Gasteiger partial charge in [0, 0.05) is 24.6 Å². The zero-order valence-corrected chi connectivity index (χ0v) is 12.4. The average Bonchev–Trinajstić information content (AvgIpc) is 2.68. The fraction of sp³-hybridized carbons (Fsp3) is 0.636. The number of hydrogen-bond donors (Lipinski definition) is 2. The van der Waals surface area contributed by atoms with Crippen LogP contribution in [0.1, 0.15) is 23.8 Å². The van der Waals surface area contributed by atoms with E-state index in [0.717, 1.165) is 16.9 Å². The van der Waals surface area contributed by atoms with Gasteiger partial charge in [-0.3, -0.25) is 0 Å². The Morgan fingerprint density at radius 1 is 1.56 bits per heavy atom. The number of methoxy groups -OCH3 is 1. The Bertz CT molecular complexity index is 481. The van der Waals surface area contributed by atoms with Crippen molar-refractivity contribution in [3.63, 3.8) is 0 Å². The SMILES string of the molecule is COCCC(C)NS(=O)(=O)c1cc(C)c(CO)s1. The highest BCUT2D eigenvalue weighted by Gasteiger charge is 2.20. The molecular formula is C11H19NO4S2. The first-order valence-corrected chi connectivity index (χ1v) is 7.92. The van der Waals surface area contributed by atoms with E-state index in [1.165, 1.54) is 0 Å². The van der Waals surface area contributed by atoms with E-state index in [1.54, 1.807) is 27.0 Å². The third-order valence-corrected chi connectivity index (χ3v) is 5.80. The van der Waals surface area contributed by atoms with E-state index in [0.29, 0.717) is 17.9 Å². The number of sulfonamides is 1. The first-order chi connectivity index (χ1) is 8.40. The maximum Gasteiger partial charge on any atom is 0.250 e. The van der Waals surface area contributed by atoms with Crippen LogP contribution in [0.3, 0.4) is 0 Å². The van der Waals surface area contributed by atoms with Crippen LogP contribution >= 0.6 is 11.3 Å². The average molecular weight is 293 g/mol. The van der Waals surface area contributed by atoms with E-state index in [9.17, 15) is 8.42 Å². The van der Waals surface area contributed by atoms with Gasteiger partial charge in [-0.15, -0.1) is 11.3 Å². The fourth-order valence-corrected chi connectivity index (χ4v) is 4.20. The number of aliphatic hydroxyl groups is 1. The Morgan fingerprint density at radius 3 is 2.72 bits per heavy atom. The van der Waals surface area contributed by atoms with Crippen LogP contribution in [0.25, 0.3) is 0 Å². The summed E-state index contributed by atoms with van der Waals surface area (Å²) in [5.41, 5.74) is 0.799. The van der Waals surface area contributed by atoms with Gasteiger partial charge >= 0.3 is 0 Å². The van der Waals surface area contributed by atoms with Crippen molar-refractivity contribution in [2.75, 3.05) is 13.7 Å². The molecule has 5 nitrogen and oxygen atoms in total. The lowest BCUT2D eigenvalue weighted by atomic mass is 10.3. The molecule has 0 aliphatic rings. The lowest BCUT2D eigenvalue weighted by Crippen LogP contribution is -2.32. The predicted molar refractivity (Wildman–Crippen MR) is 71.3 cm³/mol. The molecule has 0 spiro atoms. The third-order valence-electron chi connectivity index (χ3n) is 2.52. The zero-order chi connectivity index (χ0) is 13.8. The summed E-state index contributed by atoms with van der Waals surface area (Å²) >= 11 is 1.10. The molecule has 0 radical (unpaired) electrons. The molecule has 18 heavy (non-hydrogen) atoms. The topological polar surface area (TPSA) is 75.6 Å². The van der Waals surface area contributed by atoms with Gasteiger partial charge in [0.15, 0.2) is 0 Å². The summed E-state index contributed by atoms with van der Waals surface area (Å²) in [7, 11) is -1.92. The number of ether oxygens (including phenoxy) is 1. The summed E-state index contributed by atoms with van der Waals surface area (Å²) in [6.07, 6.45) is 0.618. The van der Waals surface area contributed by atoms with Crippen LogP contribution in [0.5, 0.6) is 0 Å². The molecule has 1 aromatic rings. The summed E-state index contributed by atoms with van der Waals surface area (Å²) in [5, 5.41) is 9.07. The van der Waals surface area contributed by atoms with Crippen molar-refractivity contribution in [2.24, 2.45) is 0 Å². The second-order valence-electron chi connectivity index (χ2n) is 4.13. The Morgan fingerprint density at radius 2 is 2.22 bits per heavy atom. The maximum absolute atomic E-state index is 12.1. The smallest absolute Gasteiger partial charge is 0.250 e. The Hall–Kier alpha value is -0.470. The molecule has 1 rings (SSSR count). The molecule has 1 heterocycles. The van der Waals surface area contributed by atoms with Crippen molar-refractivity contribution in [3.8, 4) is 0 Å². The van der Waals surface area contributed by atoms with Crippen molar-refractivity contribution in [2.45, 2.75) is 37.1 Å². The van der Waals surface area contributed by atoms with Gasteiger partial charge in [-0.2, -0.15) is 0 Å². The lowest BCUT2D eigenvalue weighted by molar-refractivity contribution is 0.188. The Labute approximate surface area is 112 Å². The van der Waals surface area contributed by atoms with Gasteiger partial charge in [0.1, 0.15) is 4.21 Å². The van der Waals surface area contributed by atoms with Gasteiger partial charge in [0.2, 0.25) is 10.0 Å². The normalized spacial score (nSPS) is 13.8. The van der Waals surface area contributed by atoms with Crippen molar-refractivity contribution in [3.05, 3.63) is 16.5 Å². The molecule has 104 valence electrons. The van der Waals surface area contributed by atoms with E-state index in [4.69, 9.17) is 9.84 Å². The monoisotopic (exact) mass is 293 g/mol. The van der Waals surface area contributed by atoms with Crippen LogP contribution < -0.4 is 4.72 Å². The largest absolute Gasteiger partial charge is 0.391 e. The van der Waals surface area contributed by atoms with Crippen LogP contribution in [0.15, 0.2) is 10.3 Å². The summed E-state index contributed by atoms with van der Waals surface area (Å²) in [6.45, 7) is 3.96. The van der Waals surface area contributed by atoms with Gasteiger partial charge in [0.25, 0.3) is 0 Å². The van der Waals surface area contributed by atoms with Gasteiger partial charge in [-0.25, -0.2) is 13.1 Å². The molecular weight excluding hydrogens is 274 g/mol. The minimum atomic E-state index is -3.50. The first-order valence-electron chi connectivity index (χ1n) is 5.62. The van der Waals surface area contributed by atoms with Crippen LogP contribution in [0.4, 0.5) is 0 Å². The highest BCUT2D eigenvalue weighted by Crippen LogP contribution is 2.26. The highest BCUT2D eigenvalue weighted by atomic mass is 32.2. The molecule has 0 amide bonds. The van der Waals surface area contributed by atoms with Crippen molar-refractivity contribution >= 4 is 21.4 Å². The molecule has 1 aromatic heterocycles. The molecule has 2 N–H and O–H groups in total. The van der Waals surface area contributed by atoms with Crippen LogP contribution in [0.2, 0.25) is 0 Å². The van der Waals surface area contributed by atoms with Crippen molar-refractivity contribution in [1.29, 1.82) is 0 Å². The first kappa shape index (κ1) is 15.6. The molecule has 0 saturated heterocycles. The van der Waals surface area contributed by atoms with Crippen LogP contribution in [0, 0.1) is 6.92 Å². The number of aliphatic hydroxyl groups excluding tert-OH is 1. The fourth-order valence-electron chi connectivity index (χ4n) is 1.45. The molecule has 7 heteroatoms. The zero-order valence-electron chi connectivity index (χ0n) is 10.8. The van der Waals surface area contributed by atoms with E-state index in [-0.39, 0.29) is 16.9 Å². The van der Waals surface area contributed by atoms with E-state index in [2.05, 4.69) is 4.72 Å².